The molecule has 1 atom stereocenters. The summed E-state index contributed by atoms with van der Waals surface area (Å²) in [5, 5.41) is 10.8. The first-order chi connectivity index (χ1) is 19.8. The molecule has 12 nitrogen and oxygen atoms in total. The lowest BCUT2D eigenvalue weighted by Gasteiger charge is -2.44. The minimum atomic E-state index is -0.855. The van der Waals surface area contributed by atoms with Gasteiger partial charge in [0.15, 0.2) is 0 Å². The summed E-state index contributed by atoms with van der Waals surface area (Å²) in [6.45, 7) is 0.678. The van der Waals surface area contributed by atoms with Gasteiger partial charge < -0.3 is 25.0 Å². The van der Waals surface area contributed by atoms with Crippen LogP contribution in [0.15, 0.2) is 54.6 Å². The molecule has 214 valence electrons. The van der Waals surface area contributed by atoms with Gasteiger partial charge in [-0.25, -0.2) is 9.59 Å². The number of allylic oxidation sites excluding steroid dienone is 1. The molecule has 1 saturated heterocycles. The van der Waals surface area contributed by atoms with E-state index in [4.69, 9.17) is 4.74 Å². The van der Waals surface area contributed by atoms with Gasteiger partial charge in [0.2, 0.25) is 11.8 Å². The SMILES string of the molecule is COC(=O)Nc1ccc2c(c1)NC(=O)CC/C=C/CC(C(=O)N1CCC3(CC1)OC(=O)Nc1ccccc13)NC2=O. The summed E-state index contributed by atoms with van der Waals surface area (Å²) in [5.41, 5.74) is 1.43. The van der Waals surface area contributed by atoms with Crippen molar-refractivity contribution >= 4 is 47.0 Å². The number of fused-ring (bicyclic) bond motifs is 3. The number of rotatable bonds is 2. The van der Waals surface area contributed by atoms with Crippen molar-refractivity contribution in [2.24, 2.45) is 0 Å². The molecule has 3 aliphatic rings. The van der Waals surface area contributed by atoms with Crippen molar-refractivity contribution < 1.29 is 33.4 Å². The number of likely N-dealkylation sites (tertiary alicyclic amines) is 1. The molecule has 1 spiro atoms. The number of carbonyl (C=O) groups is 5. The second-order valence-corrected chi connectivity index (χ2v) is 10.1. The number of hydrogen-bond acceptors (Lipinski definition) is 7. The Morgan fingerprint density at radius 2 is 1.80 bits per heavy atom. The Morgan fingerprint density at radius 3 is 2.59 bits per heavy atom. The van der Waals surface area contributed by atoms with Crippen LogP contribution in [0, 0.1) is 0 Å². The fourth-order valence-corrected chi connectivity index (χ4v) is 5.36. The van der Waals surface area contributed by atoms with E-state index in [0.29, 0.717) is 43.7 Å². The molecule has 2 aromatic rings. The summed E-state index contributed by atoms with van der Waals surface area (Å²) in [4.78, 5) is 65.2. The maximum absolute atomic E-state index is 13.7. The van der Waals surface area contributed by atoms with E-state index in [1.807, 2.05) is 24.3 Å². The van der Waals surface area contributed by atoms with Crippen molar-refractivity contribution in [1.82, 2.24) is 10.2 Å². The number of piperidine rings is 1. The van der Waals surface area contributed by atoms with Gasteiger partial charge in [-0.1, -0.05) is 30.4 Å². The maximum Gasteiger partial charge on any atom is 0.412 e. The van der Waals surface area contributed by atoms with Crippen LogP contribution in [0.5, 0.6) is 0 Å². The van der Waals surface area contributed by atoms with Gasteiger partial charge in [0, 0.05) is 43.6 Å². The monoisotopic (exact) mass is 561 g/mol. The highest BCUT2D eigenvalue weighted by Gasteiger charge is 2.45. The number of nitrogens with zero attached hydrogens (tertiary/aromatic N) is 1. The molecule has 3 heterocycles. The first-order valence-corrected chi connectivity index (χ1v) is 13.4. The average molecular weight is 562 g/mol. The molecule has 3 aliphatic heterocycles. The molecule has 1 unspecified atom stereocenters. The van der Waals surface area contributed by atoms with Crippen LogP contribution in [0.2, 0.25) is 0 Å². The lowest BCUT2D eigenvalue weighted by molar-refractivity contribution is -0.137. The molecule has 0 aliphatic carbocycles. The van der Waals surface area contributed by atoms with Gasteiger partial charge in [-0.2, -0.15) is 0 Å². The molecule has 2 aromatic carbocycles. The van der Waals surface area contributed by atoms with Crippen LogP contribution >= 0.6 is 0 Å². The molecule has 0 aromatic heterocycles. The van der Waals surface area contributed by atoms with Crippen LogP contribution in [0.4, 0.5) is 26.7 Å². The molecular formula is C29H31N5O7. The number of hydrogen-bond donors (Lipinski definition) is 4. The number of amides is 5. The van der Waals surface area contributed by atoms with Crippen LogP contribution in [-0.2, 0) is 24.7 Å². The quantitative estimate of drug-likeness (QED) is 0.407. The summed E-state index contributed by atoms with van der Waals surface area (Å²) in [6, 6.07) is 11.1. The van der Waals surface area contributed by atoms with Crippen molar-refractivity contribution in [3.05, 3.63) is 65.7 Å². The Labute approximate surface area is 236 Å². The molecule has 5 rings (SSSR count). The van der Waals surface area contributed by atoms with E-state index in [9.17, 15) is 24.0 Å². The van der Waals surface area contributed by atoms with Crippen molar-refractivity contribution in [1.29, 1.82) is 0 Å². The van der Waals surface area contributed by atoms with Gasteiger partial charge in [0.05, 0.1) is 24.0 Å². The number of nitrogens with one attached hydrogen (secondary N) is 4. The third-order valence-electron chi connectivity index (χ3n) is 7.48. The Hall–Kier alpha value is -4.87. The van der Waals surface area contributed by atoms with Gasteiger partial charge in [-0.05, 0) is 37.1 Å². The molecular weight excluding hydrogens is 530 g/mol. The van der Waals surface area contributed by atoms with Crippen LogP contribution in [0.3, 0.4) is 0 Å². The largest absolute Gasteiger partial charge is 0.453 e. The highest BCUT2D eigenvalue weighted by molar-refractivity contribution is 6.06. The molecule has 0 radical (unpaired) electrons. The van der Waals surface area contributed by atoms with Gasteiger partial charge in [-0.15, -0.1) is 0 Å². The van der Waals surface area contributed by atoms with Gasteiger partial charge in [-0.3, -0.25) is 25.0 Å². The van der Waals surface area contributed by atoms with Gasteiger partial charge in [0.1, 0.15) is 11.6 Å². The summed E-state index contributed by atoms with van der Waals surface area (Å²) in [5.74, 6) is -1.10. The topological polar surface area (TPSA) is 155 Å². The molecule has 5 amide bonds. The van der Waals surface area contributed by atoms with Crippen LogP contribution < -0.4 is 21.3 Å². The second kappa shape index (κ2) is 11.7. The molecule has 1 fully saturated rings. The molecule has 0 bridgehead atoms. The van der Waals surface area contributed by atoms with E-state index in [1.54, 1.807) is 17.1 Å². The van der Waals surface area contributed by atoms with Gasteiger partial charge in [0.25, 0.3) is 5.91 Å². The predicted molar refractivity (Wildman–Crippen MR) is 149 cm³/mol. The number of carbonyl (C=O) groups excluding carboxylic acids is 5. The minimum Gasteiger partial charge on any atom is -0.453 e. The van der Waals surface area contributed by atoms with Crippen molar-refractivity contribution in [3.8, 4) is 0 Å². The highest BCUT2D eigenvalue weighted by Crippen LogP contribution is 2.43. The first kappa shape index (κ1) is 27.7. The lowest BCUT2D eigenvalue weighted by atomic mass is 9.82. The Bertz CT molecular complexity index is 1410. The van der Waals surface area contributed by atoms with E-state index in [2.05, 4.69) is 26.0 Å². The molecule has 0 saturated carbocycles. The van der Waals surface area contributed by atoms with Gasteiger partial charge >= 0.3 is 12.2 Å². The number of benzene rings is 2. The predicted octanol–water partition coefficient (Wildman–Crippen LogP) is 3.72. The summed E-state index contributed by atoms with van der Waals surface area (Å²) in [7, 11) is 1.23. The Balaban J connectivity index is 1.34. The van der Waals surface area contributed by atoms with E-state index < -0.39 is 29.7 Å². The summed E-state index contributed by atoms with van der Waals surface area (Å²) >= 11 is 0. The number of anilines is 3. The molecule has 12 heteroatoms. The van der Waals surface area contributed by atoms with E-state index >= 15 is 0 Å². The van der Waals surface area contributed by atoms with Crippen LogP contribution in [0.25, 0.3) is 0 Å². The Morgan fingerprint density at radius 1 is 1.02 bits per heavy atom. The van der Waals surface area contributed by atoms with Crippen LogP contribution in [-0.4, -0.2) is 61.0 Å². The maximum atomic E-state index is 13.7. The number of methoxy groups -OCH3 is 1. The molecule has 4 N–H and O–H groups in total. The zero-order valence-electron chi connectivity index (χ0n) is 22.5. The standard InChI is InChI=1S/C29H31N5O7/c1-40-27(38)30-18-11-12-19-23(17-18)31-24(35)10-4-2-3-9-22(32-25(19)36)26(37)34-15-13-29(14-16-34)20-7-5-6-8-21(20)33-28(39)41-29/h2-3,5-8,11-12,17,22H,4,9-10,13-16H2,1H3,(H,30,38)(H,31,35)(H,32,36)(H,33,39)/b3-2+. The highest BCUT2D eigenvalue weighted by atomic mass is 16.6. The van der Waals surface area contributed by atoms with Crippen molar-refractivity contribution in [2.75, 3.05) is 36.1 Å². The van der Waals surface area contributed by atoms with Crippen LogP contribution in [0.1, 0.15) is 48.0 Å². The number of para-hydroxylation sites is 1. The summed E-state index contributed by atoms with van der Waals surface area (Å²) < 4.78 is 10.4. The normalized spacial score (nSPS) is 20.9. The Kier molecular flexibility index (Phi) is 7.90. The van der Waals surface area contributed by atoms with Crippen molar-refractivity contribution in [2.45, 2.75) is 43.7 Å². The first-order valence-electron chi connectivity index (χ1n) is 13.4. The third-order valence-corrected chi connectivity index (χ3v) is 7.48. The van der Waals surface area contributed by atoms with E-state index in [0.717, 1.165) is 5.56 Å². The smallest absolute Gasteiger partial charge is 0.412 e. The average Bonchev–Trinajstić information content (AvgIpc) is 2.95. The van der Waals surface area contributed by atoms with E-state index in [-0.39, 0.29) is 35.9 Å². The zero-order chi connectivity index (χ0) is 29.0. The zero-order valence-corrected chi connectivity index (χ0v) is 22.5. The van der Waals surface area contributed by atoms with E-state index in [1.165, 1.54) is 25.3 Å². The lowest BCUT2D eigenvalue weighted by Crippen LogP contribution is -2.54. The third kappa shape index (κ3) is 6.01. The number of ether oxygens (including phenoxy) is 2. The van der Waals surface area contributed by atoms with Crippen molar-refractivity contribution in [3.63, 3.8) is 0 Å². The summed E-state index contributed by atoms with van der Waals surface area (Å²) in [6.07, 6.45) is 4.09. The second-order valence-electron chi connectivity index (χ2n) is 10.1. The molecule has 41 heavy (non-hydrogen) atoms. The minimum absolute atomic E-state index is 0.145. The fourth-order valence-electron chi connectivity index (χ4n) is 5.36. The fraction of sp³-hybridized carbons (Fsp3) is 0.345.